The van der Waals surface area contributed by atoms with Crippen LogP contribution >= 0.6 is 11.8 Å². The number of furan rings is 1. The summed E-state index contributed by atoms with van der Waals surface area (Å²) >= 11 is 1.85. The van der Waals surface area contributed by atoms with E-state index < -0.39 is 0 Å². The Kier molecular flexibility index (Phi) is 6.89. The molecule has 0 fully saturated rings. The summed E-state index contributed by atoms with van der Waals surface area (Å²) in [5.74, 6) is 0. The van der Waals surface area contributed by atoms with Crippen molar-refractivity contribution in [2.75, 3.05) is 4.90 Å². The highest BCUT2D eigenvalue weighted by atomic mass is 32.2. The Balaban J connectivity index is 1.24. The summed E-state index contributed by atoms with van der Waals surface area (Å²) in [4.78, 5) is 4.88. The standard InChI is InChI=1S/C42H31NOS/c1-28(30-11-5-3-6-12-30)17-18-29(2)43-37-22-19-33(31-13-7-4-8-14-31)26-41(37)45-42-27-34(20-23-38(42)43)32-21-24-40-36(25-32)35-15-9-10-16-39(35)44-40/h3-27H,1-2H3. The number of para-hydroxylation sites is 1. The van der Waals surface area contributed by atoms with Crippen LogP contribution in [-0.4, -0.2) is 0 Å². The van der Waals surface area contributed by atoms with Crippen LogP contribution in [0.25, 0.3) is 49.8 Å². The molecule has 1 aliphatic heterocycles. The third-order valence-corrected chi connectivity index (χ3v) is 9.69. The van der Waals surface area contributed by atoms with Crippen LogP contribution in [0.15, 0.2) is 172 Å². The van der Waals surface area contributed by atoms with Crippen LogP contribution in [0, 0.1) is 0 Å². The van der Waals surface area contributed by atoms with Crippen LogP contribution < -0.4 is 4.90 Å². The molecule has 0 saturated heterocycles. The first-order chi connectivity index (χ1) is 22.1. The van der Waals surface area contributed by atoms with Gasteiger partial charge in [0.15, 0.2) is 0 Å². The van der Waals surface area contributed by atoms with Crippen LogP contribution in [0.3, 0.4) is 0 Å². The molecule has 0 bridgehead atoms. The zero-order chi connectivity index (χ0) is 30.3. The molecular formula is C42H31NOS. The zero-order valence-electron chi connectivity index (χ0n) is 25.2. The van der Waals surface area contributed by atoms with Gasteiger partial charge in [-0.2, -0.15) is 0 Å². The van der Waals surface area contributed by atoms with Crippen molar-refractivity contribution < 1.29 is 4.42 Å². The van der Waals surface area contributed by atoms with Crippen LogP contribution in [0.4, 0.5) is 11.4 Å². The second-order valence-corrected chi connectivity index (χ2v) is 12.6. The van der Waals surface area contributed by atoms with E-state index in [1.54, 1.807) is 0 Å². The van der Waals surface area contributed by atoms with Gasteiger partial charge in [-0.15, -0.1) is 0 Å². The molecule has 1 aromatic heterocycles. The molecule has 3 heteroatoms. The highest BCUT2D eigenvalue weighted by Crippen LogP contribution is 2.51. The molecule has 0 atom stereocenters. The highest BCUT2D eigenvalue weighted by molar-refractivity contribution is 7.99. The smallest absolute Gasteiger partial charge is 0.135 e. The van der Waals surface area contributed by atoms with Gasteiger partial charge in [0.25, 0.3) is 0 Å². The Morgan fingerprint density at radius 3 is 1.84 bits per heavy atom. The molecular weight excluding hydrogens is 567 g/mol. The molecule has 216 valence electrons. The normalized spacial score (nSPS) is 13.2. The Morgan fingerprint density at radius 1 is 0.533 bits per heavy atom. The SMILES string of the molecule is CC(=CC=C(C)N1c2ccc(-c3ccccc3)cc2Sc2cc(-c3ccc4oc5ccccc5c4c3)ccc21)c1ccccc1. The monoisotopic (exact) mass is 597 g/mol. The lowest BCUT2D eigenvalue weighted by Gasteiger charge is -2.34. The Bertz CT molecular complexity index is 2260. The van der Waals surface area contributed by atoms with Gasteiger partial charge in [-0.25, -0.2) is 0 Å². The quantitative estimate of drug-likeness (QED) is 0.184. The summed E-state index contributed by atoms with van der Waals surface area (Å²) in [5, 5.41) is 2.29. The minimum Gasteiger partial charge on any atom is -0.456 e. The highest BCUT2D eigenvalue weighted by Gasteiger charge is 2.25. The fraction of sp³-hybridized carbons (Fsp3) is 0.0476. The van der Waals surface area contributed by atoms with Gasteiger partial charge < -0.3 is 9.32 Å². The molecule has 2 heterocycles. The maximum atomic E-state index is 6.11. The van der Waals surface area contributed by atoms with Gasteiger partial charge in [0, 0.05) is 26.3 Å². The predicted molar refractivity (Wildman–Crippen MR) is 191 cm³/mol. The summed E-state index contributed by atoms with van der Waals surface area (Å²) < 4.78 is 6.11. The van der Waals surface area contributed by atoms with E-state index in [2.05, 4.69) is 158 Å². The van der Waals surface area contributed by atoms with Crippen LogP contribution in [-0.2, 0) is 0 Å². The van der Waals surface area contributed by atoms with Crippen molar-refractivity contribution in [3.05, 3.63) is 163 Å². The third kappa shape index (κ3) is 5.05. The number of rotatable bonds is 5. The number of allylic oxidation sites excluding steroid dienone is 4. The molecule has 0 amide bonds. The lowest BCUT2D eigenvalue weighted by Crippen LogP contribution is -2.18. The lowest BCUT2D eigenvalue weighted by atomic mass is 10.0. The fourth-order valence-electron chi connectivity index (χ4n) is 6.20. The second kappa shape index (κ2) is 11.4. The van der Waals surface area contributed by atoms with Crippen molar-refractivity contribution in [3.63, 3.8) is 0 Å². The van der Waals surface area contributed by atoms with E-state index in [1.165, 1.54) is 60.3 Å². The topological polar surface area (TPSA) is 16.4 Å². The predicted octanol–water partition coefficient (Wildman–Crippen LogP) is 12.5. The zero-order valence-corrected chi connectivity index (χ0v) is 26.0. The number of benzene rings is 6. The van der Waals surface area contributed by atoms with Crippen molar-refractivity contribution >= 4 is 50.6 Å². The average Bonchev–Trinajstić information content (AvgIpc) is 3.47. The van der Waals surface area contributed by atoms with E-state index in [4.69, 9.17) is 4.42 Å². The van der Waals surface area contributed by atoms with Crippen molar-refractivity contribution in [3.8, 4) is 22.3 Å². The maximum Gasteiger partial charge on any atom is 0.135 e. The Morgan fingerprint density at radius 2 is 1.11 bits per heavy atom. The lowest BCUT2D eigenvalue weighted by molar-refractivity contribution is 0.669. The van der Waals surface area contributed by atoms with Gasteiger partial charge in [0.2, 0.25) is 0 Å². The minimum atomic E-state index is 0.917. The Labute approximate surface area is 268 Å². The maximum absolute atomic E-state index is 6.11. The van der Waals surface area contributed by atoms with E-state index in [-0.39, 0.29) is 0 Å². The molecule has 7 aromatic rings. The fourth-order valence-corrected chi connectivity index (χ4v) is 7.34. The first-order valence-corrected chi connectivity index (χ1v) is 16.1. The average molecular weight is 598 g/mol. The molecule has 0 unspecified atom stereocenters. The molecule has 0 spiro atoms. The number of nitrogens with zero attached hydrogens (tertiary/aromatic N) is 1. The second-order valence-electron chi connectivity index (χ2n) is 11.5. The molecule has 0 radical (unpaired) electrons. The summed E-state index contributed by atoms with van der Waals surface area (Å²) in [6, 6.07) is 49.7. The van der Waals surface area contributed by atoms with E-state index >= 15 is 0 Å². The van der Waals surface area contributed by atoms with Gasteiger partial charge >= 0.3 is 0 Å². The largest absolute Gasteiger partial charge is 0.456 e. The van der Waals surface area contributed by atoms with E-state index in [9.17, 15) is 0 Å². The molecule has 2 nitrogen and oxygen atoms in total. The van der Waals surface area contributed by atoms with Gasteiger partial charge in [-0.1, -0.05) is 115 Å². The first-order valence-electron chi connectivity index (χ1n) is 15.3. The van der Waals surface area contributed by atoms with Gasteiger partial charge in [-0.3, -0.25) is 0 Å². The van der Waals surface area contributed by atoms with Crippen LogP contribution in [0.5, 0.6) is 0 Å². The van der Waals surface area contributed by atoms with Crippen molar-refractivity contribution in [2.24, 2.45) is 0 Å². The molecule has 0 N–H and O–H groups in total. The van der Waals surface area contributed by atoms with Gasteiger partial charge in [0.05, 0.1) is 11.4 Å². The van der Waals surface area contributed by atoms with Crippen molar-refractivity contribution in [1.29, 1.82) is 0 Å². The third-order valence-electron chi connectivity index (χ3n) is 8.59. The first kappa shape index (κ1) is 27.3. The van der Waals surface area contributed by atoms with Gasteiger partial charge in [0.1, 0.15) is 11.2 Å². The molecule has 6 aromatic carbocycles. The summed E-state index contributed by atoms with van der Waals surface area (Å²) in [6.07, 6.45) is 4.46. The van der Waals surface area contributed by atoms with E-state index in [0.29, 0.717) is 0 Å². The summed E-state index contributed by atoms with van der Waals surface area (Å²) in [5.41, 5.74) is 12.7. The molecule has 8 rings (SSSR count). The minimum absolute atomic E-state index is 0.917. The molecule has 1 aliphatic rings. The molecule has 0 saturated carbocycles. The number of hydrogen-bond acceptors (Lipinski definition) is 3. The number of anilines is 2. The van der Waals surface area contributed by atoms with Crippen LogP contribution in [0.2, 0.25) is 0 Å². The van der Waals surface area contributed by atoms with Crippen LogP contribution in [0.1, 0.15) is 19.4 Å². The Hall–Kier alpha value is -5.25. The molecule has 45 heavy (non-hydrogen) atoms. The summed E-state index contributed by atoms with van der Waals surface area (Å²) in [7, 11) is 0. The van der Waals surface area contributed by atoms with Crippen molar-refractivity contribution in [1.82, 2.24) is 0 Å². The van der Waals surface area contributed by atoms with Crippen molar-refractivity contribution in [2.45, 2.75) is 23.6 Å². The van der Waals surface area contributed by atoms with E-state index in [1.807, 2.05) is 23.9 Å². The van der Waals surface area contributed by atoms with Gasteiger partial charge in [-0.05, 0) is 95.8 Å². The number of hydrogen-bond donors (Lipinski definition) is 0. The number of fused-ring (bicyclic) bond motifs is 5. The molecule has 0 aliphatic carbocycles. The summed E-state index contributed by atoms with van der Waals surface area (Å²) in [6.45, 7) is 4.38. The van der Waals surface area contributed by atoms with E-state index in [0.717, 1.165) is 21.9 Å².